The van der Waals surface area contributed by atoms with Gasteiger partial charge in [0.2, 0.25) is 0 Å². The molecule has 2 aromatic rings. The number of fused-ring (bicyclic) bond motifs is 1. The molecule has 0 unspecified atom stereocenters. The van der Waals surface area contributed by atoms with Gasteiger partial charge in [-0.2, -0.15) is 0 Å². The first-order valence-corrected chi connectivity index (χ1v) is 10.9. The minimum absolute atomic E-state index is 0.128. The number of carbonyl (C=O) groups excluding carboxylic acids is 2. The van der Waals surface area contributed by atoms with Gasteiger partial charge in [-0.05, 0) is 56.7 Å². The number of aryl methyl sites for hydroxylation is 1. The van der Waals surface area contributed by atoms with Crippen molar-refractivity contribution < 1.29 is 9.59 Å². The number of carbonyl (C=O) groups is 2. The molecular formula is C23H30N4O2. The van der Waals surface area contributed by atoms with E-state index in [0.717, 1.165) is 68.4 Å². The van der Waals surface area contributed by atoms with Crippen LogP contribution in [-0.2, 0) is 13.0 Å². The molecule has 0 saturated heterocycles. The highest BCUT2D eigenvalue weighted by molar-refractivity contribution is 6.03. The first kappa shape index (κ1) is 19.7. The zero-order chi connectivity index (χ0) is 20.2. The average Bonchev–Trinajstić information content (AvgIpc) is 2.91. The van der Waals surface area contributed by atoms with E-state index in [-0.39, 0.29) is 17.9 Å². The fourth-order valence-electron chi connectivity index (χ4n) is 4.49. The molecule has 4 rings (SSSR count). The van der Waals surface area contributed by atoms with Crippen molar-refractivity contribution in [1.82, 2.24) is 14.9 Å². The lowest BCUT2D eigenvalue weighted by Gasteiger charge is -2.18. The lowest BCUT2D eigenvalue weighted by atomic mass is 10.1. The fraction of sp³-hybridized carbons (Fsp3) is 0.522. The SMILES string of the molecule is Cc1cccc(NC(=O)c2nc(C(=O)NC3CCCCCC3)c3n2CCCC3)c1. The third kappa shape index (κ3) is 4.52. The van der Waals surface area contributed by atoms with E-state index >= 15 is 0 Å². The van der Waals surface area contributed by atoms with Gasteiger partial charge >= 0.3 is 0 Å². The Morgan fingerprint density at radius 2 is 1.83 bits per heavy atom. The number of nitrogens with one attached hydrogen (secondary N) is 2. The number of imidazole rings is 1. The molecule has 1 fully saturated rings. The highest BCUT2D eigenvalue weighted by Crippen LogP contribution is 2.23. The quantitative estimate of drug-likeness (QED) is 0.762. The fourth-order valence-corrected chi connectivity index (χ4v) is 4.49. The molecule has 0 spiro atoms. The van der Waals surface area contributed by atoms with Gasteiger partial charge in [0.1, 0.15) is 5.69 Å². The molecule has 6 heteroatoms. The molecule has 1 aliphatic heterocycles. The molecule has 6 nitrogen and oxygen atoms in total. The van der Waals surface area contributed by atoms with Crippen molar-refractivity contribution in [3.63, 3.8) is 0 Å². The molecule has 1 saturated carbocycles. The van der Waals surface area contributed by atoms with Crippen LogP contribution in [0, 0.1) is 6.92 Å². The molecule has 2 heterocycles. The first-order valence-electron chi connectivity index (χ1n) is 10.9. The Labute approximate surface area is 172 Å². The van der Waals surface area contributed by atoms with Crippen molar-refractivity contribution in [3.8, 4) is 0 Å². The smallest absolute Gasteiger partial charge is 0.291 e. The van der Waals surface area contributed by atoms with Gasteiger partial charge in [-0.25, -0.2) is 4.98 Å². The van der Waals surface area contributed by atoms with Crippen molar-refractivity contribution in [2.75, 3.05) is 5.32 Å². The van der Waals surface area contributed by atoms with Crippen LogP contribution in [0.4, 0.5) is 5.69 Å². The van der Waals surface area contributed by atoms with Crippen LogP contribution in [0.25, 0.3) is 0 Å². The van der Waals surface area contributed by atoms with E-state index in [2.05, 4.69) is 15.6 Å². The van der Waals surface area contributed by atoms with Crippen LogP contribution in [0.3, 0.4) is 0 Å². The summed E-state index contributed by atoms with van der Waals surface area (Å²) in [6.45, 7) is 2.72. The van der Waals surface area contributed by atoms with E-state index in [1.807, 2.05) is 35.8 Å². The zero-order valence-corrected chi connectivity index (χ0v) is 17.2. The van der Waals surface area contributed by atoms with Gasteiger partial charge in [-0.1, -0.05) is 37.8 Å². The summed E-state index contributed by atoms with van der Waals surface area (Å²) in [6.07, 6.45) is 9.69. The molecule has 2 amide bonds. The molecule has 2 aliphatic rings. The predicted octanol–water partition coefficient (Wildman–Crippen LogP) is 4.23. The summed E-state index contributed by atoms with van der Waals surface area (Å²) in [4.78, 5) is 30.5. The van der Waals surface area contributed by atoms with Gasteiger partial charge < -0.3 is 15.2 Å². The number of nitrogens with zero attached hydrogens (tertiary/aromatic N) is 2. The monoisotopic (exact) mass is 394 g/mol. The molecule has 1 aromatic heterocycles. The van der Waals surface area contributed by atoms with Crippen molar-refractivity contribution in [2.24, 2.45) is 0 Å². The van der Waals surface area contributed by atoms with Crippen molar-refractivity contribution in [2.45, 2.75) is 77.3 Å². The van der Waals surface area contributed by atoms with E-state index in [1.54, 1.807) is 0 Å². The van der Waals surface area contributed by atoms with Gasteiger partial charge in [-0.15, -0.1) is 0 Å². The van der Waals surface area contributed by atoms with Gasteiger partial charge in [0, 0.05) is 18.3 Å². The maximum Gasteiger partial charge on any atom is 0.291 e. The van der Waals surface area contributed by atoms with Crippen LogP contribution in [-0.4, -0.2) is 27.4 Å². The normalized spacial score (nSPS) is 17.3. The second kappa shape index (κ2) is 8.80. The third-order valence-electron chi connectivity index (χ3n) is 6.00. The molecule has 1 aromatic carbocycles. The lowest BCUT2D eigenvalue weighted by molar-refractivity contribution is 0.0927. The van der Waals surface area contributed by atoms with Crippen LogP contribution in [0.2, 0.25) is 0 Å². The topological polar surface area (TPSA) is 76.0 Å². The van der Waals surface area contributed by atoms with E-state index in [1.165, 1.54) is 12.8 Å². The number of benzene rings is 1. The maximum absolute atomic E-state index is 13.0. The zero-order valence-electron chi connectivity index (χ0n) is 17.2. The van der Waals surface area contributed by atoms with E-state index in [0.29, 0.717) is 11.5 Å². The molecular weight excluding hydrogens is 364 g/mol. The van der Waals surface area contributed by atoms with Crippen LogP contribution in [0.1, 0.15) is 83.7 Å². The number of amides is 2. The molecule has 1 aliphatic carbocycles. The Kier molecular flexibility index (Phi) is 5.97. The Morgan fingerprint density at radius 1 is 1.03 bits per heavy atom. The summed E-state index contributed by atoms with van der Waals surface area (Å²) in [7, 11) is 0. The lowest BCUT2D eigenvalue weighted by Crippen LogP contribution is -2.35. The summed E-state index contributed by atoms with van der Waals surface area (Å²) < 4.78 is 1.94. The predicted molar refractivity (Wildman–Crippen MR) is 113 cm³/mol. The van der Waals surface area contributed by atoms with Gasteiger partial charge in [0.05, 0.1) is 5.69 Å². The largest absolute Gasteiger partial charge is 0.348 e. The van der Waals surface area contributed by atoms with E-state index < -0.39 is 0 Å². The molecule has 0 radical (unpaired) electrons. The molecule has 154 valence electrons. The maximum atomic E-state index is 13.0. The van der Waals surface area contributed by atoms with E-state index in [9.17, 15) is 9.59 Å². The van der Waals surface area contributed by atoms with Crippen molar-refractivity contribution >= 4 is 17.5 Å². The second-order valence-corrected chi connectivity index (χ2v) is 8.33. The third-order valence-corrected chi connectivity index (χ3v) is 6.00. The van der Waals surface area contributed by atoms with Crippen LogP contribution >= 0.6 is 0 Å². The standard InChI is InChI=1S/C23H30N4O2/c1-16-9-8-12-18(15-16)25-23(29)21-26-20(19-13-6-7-14-27(19)21)22(28)24-17-10-4-2-3-5-11-17/h8-9,12,15,17H,2-7,10-11,13-14H2,1H3,(H,24,28)(H,25,29). The molecule has 2 N–H and O–H groups in total. The number of hydrogen-bond donors (Lipinski definition) is 2. The summed E-state index contributed by atoms with van der Waals surface area (Å²) in [5.41, 5.74) is 3.16. The number of aromatic nitrogens is 2. The summed E-state index contributed by atoms with van der Waals surface area (Å²) in [6, 6.07) is 7.92. The Hall–Kier alpha value is -2.63. The van der Waals surface area contributed by atoms with Crippen LogP contribution in [0.5, 0.6) is 0 Å². The van der Waals surface area contributed by atoms with Crippen LogP contribution < -0.4 is 10.6 Å². The molecule has 29 heavy (non-hydrogen) atoms. The molecule has 0 atom stereocenters. The average molecular weight is 395 g/mol. The van der Waals surface area contributed by atoms with Gasteiger partial charge in [0.15, 0.2) is 5.82 Å². The van der Waals surface area contributed by atoms with Gasteiger partial charge in [-0.3, -0.25) is 9.59 Å². The van der Waals surface area contributed by atoms with Crippen LogP contribution in [0.15, 0.2) is 24.3 Å². The summed E-state index contributed by atoms with van der Waals surface area (Å²) in [5, 5.41) is 6.13. The minimum atomic E-state index is -0.257. The highest BCUT2D eigenvalue weighted by Gasteiger charge is 2.28. The molecule has 0 bridgehead atoms. The summed E-state index contributed by atoms with van der Waals surface area (Å²) in [5.74, 6) is -0.0448. The number of rotatable bonds is 4. The van der Waals surface area contributed by atoms with Crippen molar-refractivity contribution in [3.05, 3.63) is 47.0 Å². The highest BCUT2D eigenvalue weighted by atomic mass is 16.2. The number of hydrogen-bond acceptors (Lipinski definition) is 3. The Balaban J connectivity index is 1.56. The first-order chi connectivity index (χ1) is 14.1. The minimum Gasteiger partial charge on any atom is -0.348 e. The summed E-state index contributed by atoms with van der Waals surface area (Å²) >= 11 is 0. The van der Waals surface area contributed by atoms with Gasteiger partial charge in [0.25, 0.3) is 11.8 Å². The Morgan fingerprint density at radius 3 is 2.59 bits per heavy atom. The van der Waals surface area contributed by atoms with E-state index in [4.69, 9.17) is 0 Å². The second-order valence-electron chi connectivity index (χ2n) is 8.33. The number of anilines is 1. The van der Waals surface area contributed by atoms with Crippen molar-refractivity contribution in [1.29, 1.82) is 0 Å². The Bertz CT molecular complexity index is 894.